The molecule has 1 heterocycles. The summed E-state index contributed by atoms with van der Waals surface area (Å²) in [5.41, 5.74) is 6.61. The smallest absolute Gasteiger partial charge is 0.244 e. The molecule has 0 saturated carbocycles. The van der Waals surface area contributed by atoms with Gasteiger partial charge in [0.2, 0.25) is 5.91 Å². The minimum Gasteiger partial charge on any atom is -0.369 e. The molecule has 0 bridgehead atoms. The highest BCUT2D eigenvalue weighted by Gasteiger charge is 2.35. The van der Waals surface area contributed by atoms with Crippen molar-refractivity contribution < 1.29 is 9.53 Å². The van der Waals surface area contributed by atoms with Gasteiger partial charge in [-0.15, -0.1) is 0 Å². The number of carbonyl (C=O) groups excluding carboxylic acids is 1. The second-order valence-corrected chi connectivity index (χ2v) is 5.80. The van der Waals surface area contributed by atoms with E-state index < -0.39 is 6.04 Å². The fourth-order valence-corrected chi connectivity index (χ4v) is 2.62. The first-order chi connectivity index (χ1) is 8.89. The Morgan fingerprint density at radius 2 is 2.05 bits per heavy atom. The highest BCUT2D eigenvalue weighted by atomic mass is 16.5. The summed E-state index contributed by atoms with van der Waals surface area (Å²) in [4.78, 5) is 14.3. The van der Waals surface area contributed by atoms with E-state index in [4.69, 9.17) is 10.5 Å². The number of carbonyl (C=O) groups is 1. The Bertz CT molecular complexity index is 445. The molecule has 0 radical (unpaired) electrons. The van der Waals surface area contributed by atoms with Gasteiger partial charge in [0.05, 0.1) is 11.7 Å². The topological polar surface area (TPSA) is 55.6 Å². The van der Waals surface area contributed by atoms with Gasteiger partial charge >= 0.3 is 0 Å². The predicted octanol–water partition coefficient (Wildman–Crippen LogP) is 1.71. The van der Waals surface area contributed by atoms with E-state index in [0.717, 1.165) is 5.56 Å². The standard InChI is InChI=1S/C15H22N2O2/c1-11-9-17(10-15(2,3)19-11)14(18)13(16)12-7-5-4-6-8-12/h4-8,11,13H,9-10,16H2,1-3H3/t11-,13+/m0/s1. The van der Waals surface area contributed by atoms with Crippen molar-refractivity contribution in [3.8, 4) is 0 Å². The van der Waals surface area contributed by atoms with E-state index in [2.05, 4.69) is 0 Å². The van der Waals surface area contributed by atoms with Crippen LogP contribution in [0.25, 0.3) is 0 Å². The van der Waals surface area contributed by atoms with Gasteiger partial charge < -0.3 is 15.4 Å². The maximum absolute atomic E-state index is 12.5. The van der Waals surface area contributed by atoms with Crippen LogP contribution in [0.2, 0.25) is 0 Å². The summed E-state index contributed by atoms with van der Waals surface area (Å²) in [6.07, 6.45) is 0.0377. The molecule has 0 aliphatic carbocycles. The molecule has 4 heteroatoms. The van der Waals surface area contributed by atoms with Crippen LogP contribution >= 0.6 is 0 Å². The second-order valence-electron chi connectivity index (χ2n) is 5.80. The van der Waals surface area contributed by atoms with E-state index in [1.807, 2.05) is 56.0 Å². The fraction of sp³-hybridized carbons (Fsp3) is 0.533. The van der Waals surface area contributed by atoms with Crippen LogP contribution in [0, 0.1) is 0 Å². The number of hydrogen-bond donors (Lipinski definition) is 1. The first-order valence-corrected chi connectivity index (χ1v) is 6.66. The average Bonchev–Trinajstić information content (AvgIpc) is 2.35. The van der Waals surface area contributed by atoms with Crippen molar-refractivity contribution in [1.29, 1.82) is 0 Å². The summed E-state index contributed by atoms with van der Waals surface area (Å²) in [6.45, 7) is 7.16. The van der Waals surface area contributed by atoms with Gasteiger partial charge in [-0.2, -0.15) is 0 Å². The number of rotatable bonds is 2. The van der Waals surface area contributed by atoms with Crippen LogP contribution in [0.5, 0.6) is 0 Å². The maximum Gasteiger partial charge on any atom is 0.244 e. The average molecular weight is 262 g/mol. The summed E-state index contributed by atoms with van der Waals surface area (Å²) in [5, 5.41) is 0. The van der Waals surface area contributed by atoms with Crippen molar-refractivity contribution in [3.63, 3.8) is 0 Å². The summed E-state index contributed by atoms with van der Waals surface area (Å²) in [7, 11) is 0. The Labute approximate surface area is 114 Å². The van der Waals surface area contributed by atoms with Gasteiger partial charge in [-0.05, 0) is 26.3 Å². The van der Waals surface area contributed by atoms with E-state index in [9.17, 15) is 4.79 Å². The van der Waals surface area contributed by atoms with Crippen molar-refractivity contribution >= 4 is 5.91 Å². The molecule has 104 valence electrons. The minimum absolute atomic E-state index is 0.0329. The van der Waals surface area contributed by atoms with Gasteiger partial charge in [0.1, 0.15) is 6.04 Å². The van der Waals surface area contributed by atoms with Gasteiger partial charge in [-0.1, -0.05) is 30.3 Å². The fourth-order valence-electron chi connectivity index (χ4n) is 2.62. The number of nitrogens with two attached hydrogens (primary N) is 1. The summed E-state index contributed by atoms with van der Waals surface area (Å²) in [6, 6.07) is 8.89. The third-order valence-electron chi connectivity index (χ3n) is 3.31. The molecule has 1 aromatic carbocycles. The molecule has 0 unspecified atom stereocenters. The predicted molar refractivity (Wildman–Crippen MR) is 74.6 cm³/mol. The van der Waals surface area contributed by atoms with Crippen LogP contribution in [0.1, 0.15) is 32.4 Å². The summed E-state index contributed by atoms with van der Waals surface area (Å²) < 4.78 is 5.80. The lowest BCUT2D eigenvalue weighted by molar-refractivity contribution is -0.159. The monoisotopic (exact) mass is 262 g/mol. The van der Waals surface area contributed by atoms with Crippen LogP contribution in [0.3, 0.4) is 0 Å². The van der Waals surface area contributed by atoms with Gasteiger partial charge in [0.15, 0.2) is 0 Å². The van der Waals surface area contributed by atoms with E-state index in [-0.39, 0.29) is 17.6 Å². The SMILES string of the molecule is C[C@H]1CN(C(=O)[C@H](N)c2ccccc2)CC(C)(C)O1. The van der Waals surface area contributed by atoms with E-state index in [1.165, 1.54) is 0 Å². The molecule has 0 aromatic heterocycles. The lowest BCUT2D eigenvalue weighted by Crippen LogP contribution is -2.55. The van der Waals surface area contributed by atoms with Gasteiger partial charge in [0, 0.05) is 13.1 Å². The lowest BCUT2D eigenvalue weighted by atomic mass is 10.0. The summed E-state index contributed by atoms with van der Waals surface area (Å²) in [5.74, 6) is -0.0329. The molecule has 1 aliphatic rings. The minimum atomic E-state index is -0.595. The van der Waals surface area contributed by atoms with Gasteiger partial charge in [-0.25, -0.2) is 0 Å². The largest absolute Gasteiger partial charge is 0.369 e. The first kappa shape index (κ1) is 14.0. The van der Waals surface area contributed by atoms with Crippen molar-refractivity contribution in [2.24, 2.45) is 5.73 Å². The Morgan fingerprint density at radius 1 is 1.42 bits per heavy atom. The molecule has 2 rings (SSSR count). The number of ether oxygens (including phenoxy) is 1. The Kier molecular flexibility index (Phi) is 3.92. The zero-order valence-corrected chi connectivity index (χ0v) is 11.8. The third-order valence-corrected chi connectivity index (χ3v) is 3.31. The van der Waals surface area contributed by atoms with E-state index in [0.29, 0.717) is 13.1 Å². The zero-order chi connectivity index (χ0) is 14.0. The number of morpholine rings is 1. The van der Waals surface area contributed by atoms with Crippen LogP contribution in [0.4, 0.5) is 0 Å². The Balaban J connectivity index is 2.11. The molecule has 19 heavy (non-hydrogen) atoms. The molecular weight excluding hydrogens is 240 g/mol. The first-order valence-electron chi connectivity index (χ1n) is 6.66. The normalized spacial score (nSPS) is 24.0. The van der Waals surface area contributed by atoms with Gasteiger partial charge in [-0.3, -0.25) is 4.79 Å². The van der Waals surface area contributed by atoms with Crippen LogP contribution in [-0.4, -0.2) is 35.6 Å². The van der Waals surface area contributed by atoms with Crippen LogP contribution < -0.4 is 5.73 Å². The molecule has 1 aromatic rings. The van der Waals surface area contributed by atoms with E-state index in [1.54, 1.807) is 0 Å². The molecule has 2 N–H and O–H groups in total. The summed E-state index contributed by atoms with van der Waals surface area (Å²) >= 11 is 0. The van der Waals surface area contributed by atoms with Crippen LogP contribution in [-0.2, 0) is 9.53 Å². The molecule has 1 aliphatic heterocycles. The number of nitrogens with zero attached hydrogens (tertiary/aromatic N) is 1. The number of amides is 1. The molecule has 4 nitrogen and oxygen atoms in total. The number of hydrogen-bond acceptors (Lipinski definition) is 3. The van der Waals surface area contributed by atoms with Crippen molar-refractivity contribution in [2.45, 2.75) is 38.5 Å². The third kappa shape index (κ3) is 3.33. The van der Waals surface area contributed by atoms with Crippen molar-refractivity contribution in [1.82, 2.24) is 4.90 Å². The lowest BCUT2D eigenvalue weighted by Gasteiger charge is -2.42. The molecule has 0 spiro atoms. The van der Waals surface area contributed by atoms with Crippen LogP contribution in [0.15, 0.2) is 30.3 Å². The highest BCUT2D eigenvalue weighted by molar-refractivity contribution is 5.83. The Hall–Kier alpha value is -1.39. The highest BCUT2D eigenvalue weighted by Crippen LogP contribution is 2.23. The van der Waals surface area contributed by atoms with Gasteiger partial charge in [0.25, 0.3) is 0 Å². The Morgan fingerprint density at radius 3 is 2.63 bits per heavy atom. The van der Waals surface area contributed by atoms with E-state index >= 15 is 0 Å². The number of benzene rings is 1. The molecule has 1 fully saturated rings. The zero-order valence-electron chi connectivity index (χ0n) is 11.8. The molecule has 1 saturated heterocycles. The molecule has 1 amide bonds. The second kappa shape index (κ2) is 5.31. The molecular formula is C15H22N2O2. The van der Waals surface area contributed by atoms with Crippen molar-refractivity contribution in [3.05, 3.63) is 35.9 Å². The maximum atomic E-state index is 12.5. The quantitative estimate of drug-likeness (QED) is 0.882. The molecule has 2 atom stereocenters. The van der Waals surface area contributed by atoms with Crippen molar-refractivity contribution in [2.75, 3.05) is 13.1 Å².